The second kappa shape index (κ2) is 5.38. The Morgan fingerprint density at radius 1 is 1.45 bits per heavy atom. The molecule has 3 rings (SSSR count). The SMILES string of the molecule is Cc1c(Cl)nc2ncnn2c1N(C)CCc1cccs1. The molecule has 7 heteroatoms. The molecule has 0 aliphatic rings. The fourth-order valence-corrected chi connectivity index (χ4v) is 3.03. The second-order valence-electron chi connectivity index (χ2n) is 4.57. The Hall–Kier alpha value is -1.66. The number of likely N-dealkylation sites (N-methyl/N-ethyl adjacent to an activating group) is 1. The van der Waals surface area contributed by atoms with Gasteiger partial charge in [0.2, 0.25) is 0 Å². The van der Waals surface area contributed by atoms with E-state index in [-0.39, 0.29) is 0 Å². The summed E-state index contributed by atoms with van der Waals surface area (Å²) in [4.78, 5) is 11.8. The molecule has 0 N–H and O–H groups in total. The van der Waals surface area contributed by atoms with Crippen molar-refractivity contribution >= 4 is 34.5 Å². The number of nitrogens with zero attached hydrogens (tertiary/aromatic N) is 5. The fourth-order valence-electron chi connectivity index (χ4n) is 2.17. The summed E-state index contributed by atoms with van der Waals surface area (Å²) < 4.78 is 1.73. The van der Waals surface area contributed by atoms with E-state index in [0.717, 1.165) is 24.3 Å². The van der Waals surface area contributed by atoms with Gasteiger partial charge in [-0.2, -0.15) is 19.6 Å². The molecule has 0 saturated heterocycles. The summed E-state index contributed by atoms with van der Waals surface area (Å²) in [7, 11) is 2.04. The molecular formula is C13H14ClN5S. The van der Waals surface area contributed by atoms with Gasteiger partial charge < -0.3 is 4.90 Å². The number of aromatic nitrogens is 4. The van der Waals surface area contributed by atoms with Crippen molar-refractivity contribution < 1.29 is 0 Å². The van der Waals surface area contributed by atoms with E-state index in [9.17, 15) is 0 Å². The zero-order valence-electron chi connectivity index (χ0n) is 11.2. The number of halogens is 1. The Morgan fingerprint density at radius 3 is 3.05 bits per heavy atom. The lowest BCUT2D eigenvalue weighted by atomic mass is 10.3. The Kier molecular flexibility index (Phi) is 3.58. The molecular weight excluding hydrogens is 294 g/mol. The van der Waals surface area contributed by atoms with Gasteiger partial charge in [0.05, 0.1) is 0 Å². The van der Waals surface area contributed by atoms with Gasteiger partial charge in [0.25, 0.3) is 5.78 Å². The monoisotopic (exact) mass is 307 g/mol. The summed E-state index contributed by atoms with van der Waals surface area (Å²) in [6.07, 6.45) is 2.48. The first-order chi connectivity index (χ1) is 9.66. The predicted octanol–water partition coefficient (Wildman–Crippen LogP) is 2.83. The maximum atomic E-state index is 6.18. The fraction of sp³-hybridized carbons (Fsp3) is 0.308. The van der Waals surface area contributed by atoms with Crippen LogP contribution in [-0.2, 0) is 6.42 Å². The average Bonchev–Trinajstić information content (AvgIpc) is 3.08. The van der Waals surface area contributed by atoms with Crippen LogP contribution in [0.4, 0.5) is 5.82 Å². The number of thiophene rings is 1. The van der Waals surface area contributed by atoms with Crippen LogP contribution in [0.15, 0.2) is 23.8 Å². The van der Waals surface area contributed by atoms with Crippen LogP contribution in [0, 0.1) is 6.92 Å². The molecule has 0 aliphatic heterocycles. The van der Waals surface area contributed by atoms with E-state index in [4.69, 9.17) is 11.6 Å². The predicted molar refractivity (Wildman–Crippen MR) is 81.8 cm³/mol. The van der Waals surface area contributed by atoms with Gasteiger partial charge in [-0.3, -0.25) is 0 Å². The maximum absolute atomic E-state index is 6.18. The molecule has 0 aromatic carbocycles. The van der Waals surface area contributed by atoms with E-state index in [0.29, 0.717) is 10.9 Å². The molecule has 3 heterocycles. The highest BCUT2D eigenvalue weighted by molar-refractivity contribution is 7.09. The van der Waals surface area contributed by atoms with E-state index in [2.05, 4.69) is 37.5 Å². The molecule has 0 aliphatic carbocycles. The van der Waals surface area contributed by atoms with Crippen LogP contribution in [0.3, 0.4) is 0 Å². The van der Waals surface area contributed by atoms with Crippen molar-refractivity contribution in [3.05, 3.63) is 39.4 Å². The highest BCUT2D eigenvalue weighted by Crippen LogP contribution is 2.25. The van der Waals surface area contributed by atoms with E-state index < -0.39 is 0 Å². The van der Waals surface area contributed by atoms with Crippen LogP contribution in [0.2, 0.25) is 5.15 Å². The number of hydrogen-bond acceptors (Lipinski definition) is 5. The first-order valence-electron chi connectivity index (χ1n) is 6.26. The molecule has 0 spiro atoms. The minimum Gasteiger partial charge on any atom is -0.359 e. The molecule has 0 saturated carbocycles. The van der Waals surface area contributed by atoms with Crippen molar-refractivity contribution in [1.82, 2.24) is 19.6 Å². The van der Waals surface area contributed by atoms with Gasteiger partial charge in [0.15, 0.2) is 0 Å². The molecule has 20 heavy (non-hydrogen) atoms. The smallest absolute Gasteiger partial charge is 0.255 e. The van der Waals surface area contributed by atoms with Crippen molar-refractivity contribution in [1.29, 1.82) is 0 Å². The third kappa shape index (κ3) is 2.36. The van der Waals surface area contributed by atoms with E-state index >= 15 is 0 Å². The zero-order valence-corrected chi connectivity index (χ0v) is 12.8. The Bertz CT molecular complexity index is 722. The van der Waals surface area contributed by atoms with Gasteiger partial charge in [0.1, 0.15) is 17.3 Å². The average molecular weight is 308 g/mol. The van der Waals surface area contributed by atoms with Gasteiger partial charge in [-0.25, -0.2) is 0 Å². The van der Waals surface area contributed by atoms with E-state index in [1.165, 1.54) is 11.2 Å². The summed E-state index contributed by atoms with van der Waals surface area (Å²) in [6, 6.07) is 4.22. The zero-order chi connectivity index (χ0) is 14.1. The maximum Gasteiger partial charge on any atom is 0.255 e. The van der Waals surface area contributed by atoms with Crippen LogP contribution in [0.1, 0.15) is 10.4 Å². The minimum atomic E-state index is 0.475. The number of hydrogen-bond donors (Lipinski definition) is 0. The van der Waals surface area contributed by atoms with Crippen molar-refractivity contribution in [2.75, 3.05) is 18.5 Å². The number of rotatable bonds is 4. The molecule has 0 radical (unpaired) electrons. The van der Waals surface area contributed by atoms with Crippen molar-refractivity contribution in [3.63, 3.8) is 0 Å². The molecule has 3 aromatic rings. The van der Waals surface area contributed by atoms with Crippen LogP contribution < -0.4 is 4.90 Å². The second-order valence-corrected chi connectivity index (χ2v) is 5.96. The molecule has 0 fully saturated rings. The van der Waals surface area contributed by atoms with Crippen molar-refractivity contribution in [3.8, 4) is 0 Å². The molecule has 0 bridgehead atoms. The summed E-state index contributed by atoms with van der Waals surface area (Å²) in [5.74, 6) is 1.47. The summed E-state index contributed by atoms with van der Waals surface area (Å²) >= 11 is 7.95. The van der Waals surface area contributed by atoms with Crippen LogP contribution in [-0.4, -0.2) is 33.2 Å². The van der Waals surface area contributed by atoms with Gasteiger partial charge in [-0.1, -0.05) is 17.7 Å². The first kappa shape index (κ1) is 13.3. The third-order valence-corrected chi connectivity index (χ3v) is 4.51. The molecule has 0 amide bonds. The standard InChI is InChI=1S/C13H14ClN5S/c1-9-11(14)17-13-15-8-16-19(13)12(9)18(2)6-5-10-4-3-7-20-10/h3-4,7-8H,5-6H2,1-2H3. The first-order valence-corrected chi connectivity index (χ1v) is 7.52. The quantitative estimate of drug-likeness (QED) is 0.695. The largest absolute Gasteiger partial charge is 0.359 e. The molecule has 0 unspecified atom stereocenters. The number of anilines is 1. The van der Waals surface area contributed by atoms with Gasteiger partial charge in [-0.15, -0.1) is 11.3 Å². The summed E-state index contributed by atoms with van der Waals surface area (Å²) in [6.45, 7) is 2.84. The summed E-state index contributed by atoms with van der Waals surface area (Å²) in [5.41, 5.74) is 0.915. The normalized spacial score (nSPS) is 11.2. The van der Waals surface area contributed by atoms with Gasteiger partial charge in [0, 0.05) is 24.0 Å². The molecule has 5 nitrogen and oxygen atoms in total. The lowest BCUT2D eigenvalue weighted by molar-refractivity contribution is 0.812. The molecule has 0 atom stereocenters. The number of fused-ring (bicyclic) bond motifs is 1. The van der Waals surface area contributed by atoms with Crippen LogP contribution >= 0.6 is 22.9 Å². The summed E-state index contributed by atoms with van der Waals surface area (Å²) in [5, 5.41) is 6.80. The molecule has 3 aromatic heterocycles. The van der Waals surface area contributed by atoms with Crippen LogP contribution in [0.25, 0.3) is 5.78 Å². The highest BCUT2D eigenvalue weighted by atomic mass is 35.5. The topological polar surface area (TPSA) is 46.3 Å². The Morgan fingerprint density at radius 2 is 2.30 bits per heavy atom. The minimum absolute atomic E-state index is 0.475. The Labute approximate surface area is 125 Å². The van der Waals surface area contributed by atoms with Gasteiger partial charge in [-0.05, 0) is 24.8 Å². The van der Waals surface area contributed by atoms with E-state index in [1.807, 2.05) is 14.0 Å². The Balaban J connectivity index is 1.92. The molecule has 104 valence electrons. The highest BCUT2D eigenvalue weighted by Gasteiger charge is 2.15. The lowest BCUT2D eigenvalue weighted by Crippen LogP contribution is -2.24. The third-order valence-electron chi connectivity index (χ3n) is 3.21. The van der Waals surface area contributed by atoms with Gasteiger partial charge >= 0.3 is 0 Å². The van der Waals surface area contributed by atoms with Crippen molar-refractivity contribution in [2.24, 2.45) is 0 Å². The van der Waals surface area contributed by atoms with Crippen LogP contribution in [0.5, 0.6) is 0 Å². The van der Waals surface area contributed by atoms with E-state index in [1.54, 1.807) is 15.9 Å². The van der Waals surface area contributed by atoms with Crippen molar-refractivity contribution in [2.45, 2.75) is 13.3 Å². The lowest BCUT2D eigenvalue weighted by Gasteiger charge is -2.21.